The molecule has 0 amide bonds. The highest BCUT2D eigenvalue weighted by molar-refractivity contribution is 5.75. The molecule has 2 aromatic rings. The number of nitrogens with zero attached hydrogens (tertiary/aromatic N) is 3. The summed E-state index contributed by atoms with van der Waals surface area (Å²) in [6.45, 7) is 12.0. The standard InChI is InChI=1S/C27H39N3O3/c1-5-32-26(31)20-12-14-30(15-13-20)18-19-6-11-23-24(16-19)28-17-25(29-23)33-22-9-7-21(8-10-22)27(2,3)4/h6,11,16-17,20-22H,5,7-10,12-15,18H2,1-4H3/t21-,22-. The molecule has 6 nitrogen and oxygen atoms in total. The highest BCUT2D eigenvalue weighted by Gasteiger charge is 2.30. The van der Waals surface area contributed by atoms with Gasteiger partial charge in [-0.2, -0.15) is 0 Å². The molecule has 0 atom stereocenters. The van der Waals surface area contributed by atoms with Gasteiger partial charge in [-0.3, -0.25) is 9.69 Å². The van der Waals surface area contributed by atoms with Gasteiger partial charge >= 0.3 is 5.97 Å². The summed E-state index contributed by atoms with van der Waals surface area (Å²) in [6.07, 6.45) is 8.36. The lowest BCUT2D eigenvalue weighted by Crippen LogP contribution is -2.36. The zero-order chi connectivity index (χ0) is 23.4. The molecule has 0 unspecified atom stereocenters. The zero-order valence-corrected chi connectivity index (χ0v) is 20.7. The number of piperidine rings is 1. The van der Waals surface area contributed by atoms with E-state index in [2.05, 4.69) is 42.8 Å². The van der Waals surface area contributed by atoms with E-state index in [1.807, 2.05) is 13.0 Å². The van der Waals surface area contributed by atoms with Crippen molar-refractivity contribution in [3.8, 4) is 5.88 Å². The minimum Gasteiger partial charge on any atom is -0.473 e. The fourth-order valence-electron chi connectivity index (χ4n) is 5.26. The maximum absolute atomic E-state index is 12.0. The van der Waals surface area contributed by atoms with Gasteiger partial charge in [-0.15, -0.1) is 0 Å². The van der Waals surface area contributed by atoms with E-state index in [9.17, 15) is 4.79 Å². The van der Waals surface area contributed by atoms with E-state index < -0.39 is 0 Å². The van der Waals surface area contributed by atoms with Crippen LogP contribution in [-0.4, -0.2) is 46.6 Å². The van der Waals surface area contributed by atoms with Gasteiger partial charge in [0.15, 0.2) is 0 Å². The third-order valence-electron chi connectivity index (χ3n) is 7.38. The van der Waals surface area contributed by atoms with Gasteiger partial charge in [-0.05, 0) is 87.6 Å². The molecule has 1 saturated heterocycles. The SMILES string of the molecule is CCOC(=O)C1CCN(Cc2ccc3nc(O[C@H]4CC[C@H](C(C)(C)C)CC4)cnc3c2)CC1. The number of carbonyl (C=O) groups excluding carboxylic acids is 1. The van der Waals surface area contributed by atoms with Crippen LogP contribution in [0.5, 0.6) is 5.88 Å². The number of hydrogen-bond acceptors (Lipinski definition) is 6. The molecule has 1 saturated carbocycles. The van der Waals surface area contributed by atoms with Gasteiger partial charge in [0.1, 0.15) is 6.10 Å². The second-order valence-electron chi connectivity index (χ2n) is 10.8. The topological polar surface area (TPSA) is 64.5 Å². The van der Waals surface area contributed by atoms with Crippen LogP contribution in [0.2, 0.25) is 0 Å². The molecule has 1 aromatic heterocycles. The second-order valence-corrected chi connectivity index (χ2v) is 10.8. The van der Waals surface area contributed by atoms with Crippen LogP contribution in [-0.2, 0) is 16.1 Å². The first-order valence-corrected chi connectivity index (χ1v) is 12.6. The van der Waals surface area contributed by atoms with E-state index in [1.165, 1.54) is 18.4 Å². The summed E-state index contributed by atoms with van der Waals surface area (Å²) >= 11 is 0. The van der Waals surface area contributed by atoms with Crippen LogP contribution in [0.15, 0.2) is 24.4 Å². The molecule has 33 heavy (non-hydrogen) atoms. The third kappa shape index (κ3) is 6.23. The van der Waals surface area contributed by atoms with Crippen molar-refractivity contribution in [3.05, 3.63) is 30.0 Å². The maximum atomic E-state index is 12.0. The smallest absolute Gasteiger partial charge is 0.309 e. The molecule has 1 aliphatic heterocycles. The molecule has 0 spiro atoms. The summed E-state index contributed by atoms with van der Waals surface area (Å²) in [5.41, 5.74) is 3.38. The second kappa shape index (κ2) is 10.4. The average molecular weight is 454 g/mol. The van der Waals surface area contributed by atoms with Gasteiger partial charge < -0.3 is 9.47 Å². The molecule has 1 aromatic carbocycles. The first-order chi connectivity index (χ1) is 15.8. The van der Waals surface area contributed by atoms with E-state index in [-0.39, 0.29) is 18.0 Å². The quantitative estimate of drug-likeness (QED) is 0.547. The lowest BCUT2D eigenvalue weighted by Gasteiger charge is -2.36. The summed E-state index contributed by atoms with van der Waals surface area (Å²) in [5, 5.41) is 0. The lowest BCUT2D eigenvalue weighted by molar-refractivity contribution is -0.149. The van der Waals surface area contributed by atoms with Gasteiger partial charge in [0.25, 0.3) is 0 Å². The number of esters is 1. The maximum Gasteiger partial charge on any atom is 0.309 e. The number of ether oxygens (including phenoxy) is 2. The molecule has 6 heteroatoms. The van der Waals surface area contributed by atoms with Crippen molar-refractivity contribution in [2.45, 2.75) is 78.9 Å². The molecule has 180 valence electrons. The minimum absolute atomic E-state index is 0.0431. The van der Waals surface area contributed by atoms with Crippen molar-refractivity contribution < 1.29 is 14.3 Å². The van der Waals surface area contributed by atoms with Crippen molar-refractivity contribution in [1.82, 2.24) is 14.9 Å². The molecule has 2 aliphatic rings. The Labute approximate surface area is 198 Å². The van der Waals surface area contributed by atoms with Crippen molar-refractivity contribution in [2.24, 2.45) is 17.3 Å². The van der Waals surface area contributed by atoms with Crippen LogP contribution < -0.4 is 4.74 Å². The fraction of sp³-hybridized carbons (Fsp3) is 0.667. The van der Waals surface area contributed by atoms with Crippen molar-refractivity contribution >= 4 is 17.0 Å². The highest BCUT2D eigenvalue weighted by Crippen LogP contribution is 2.38. The van der Waals surface area contributed by atoms with Crippen LogP contribution in [0, 0.1) is 17.3 Å². The molecule has 0 N–H and O–H groups in total. The van der Waals surface area contributed by atoms with Crippen LogP contribution in [0.25, 0.3) is 11.0 Å². The van der Waals surface area contributed by atoms with E-state index >= 15 is 0 Å². The van der Waals surface area contributed by atoms with Crippen molar-refractivity contribution in [2.75, 3.05) is 19.7 Å². The van der Waals surface area contributed by atoms with Crippen molar-refractivity contribution in [3.63, 3.8) is 0 Å². The van der Waals surface area contributed by atoms with Gasteiger partial charge in [-0.25, -0.2) is 9.97 Å². The summed E-state index contributed by atoms with van der Waals surface area (Å²) in [6, 6.07) is 6.30. The van der Waals surface area contributed by atoms with Crippen LogP contribution in [0.3, 0.4) is 0 Å². The fourth-order valence-corrected chi connectivity index (χ4v) is 5.26. The highest BCUT2D eigenvalue weighted by atomic mass is 16.5. The molecule has 2 fully saturated rings. The molecule has 2 heterocycles. The Bertz CT molecular complexity index is 939. The van der Waals surface area contributed by atoms with Crippen molar-refractivity contribution in [1.29, 1.82) is 0 Å². The van der Waals surface area contributed by atoms with Gasteiger partial charge in [-0.1, -0.05) is 26.8 Å². The summed E-state index contributed by atoms with van der Waals surface area (Å²) in [4.78, 5) is 23.7. The van der Waals surface area contributed by atoms with Crippen LogP contribution in [0.4, 0.5) is 0 Å². The summed E-state index contributed by atoms with van der Waals surface area (Å²) < 4.78 is 11.4. The molecular weight excluding hydrogens is 414 g/mol. The Morgan fingerprint density at radius 1 is 1.06 bits per heavy atom. The number of fused-ring (bicyclic) bond motifs is 1. The van der Waals surface area contributed by atoms with E-state index in [0.717, 1.165) is 62.3 Å². The minimum atomic E-state index is -0.0431. The van der Waals surface area contributed by atoms with E-state index in [0.29, 0.717) is 17.9 Å². The number of hydrogen-bond donors (Lipinski definition) is 0. The third-order valence-corrected chi connectivity index (χ3v) is 7.38. The molecule has 0 bridgehead atoms. The molecule has 4 rings (SSSR count). The zero-order valence-electron chi connectivity index (χ0n) is 20.7. The van der Waals surface area contributed by atoms with Gasteiger partial charge in [0, 0.05) is 6.54 Å². The number of benzene rings is 1. The van der Waals surface area contributed by atoms with E-state index in [4.69, 9.17) is 14.5 Å². The monoisotopic (exact) mass is 453 g/mol. The largest absolute Gasteiger partial charge is 0.473 e. The van der Waals surface area contributed by atoms with Gasteiger partial charge in [0.2, 0.25) is 5.88 Å². The number of rotatable bonds is 6. The lowest BCUT2D eigenvalue weighted by atomic mass is 9.72. The predicted octanol–water partition coefficient (Wildman–Crippen LogP) is 5.39. The number of aromatic nitrogens is 2. The van der Waals surface area contributed by atoms with Crippen LogP contribution in [0.1, 0.15) is 71.8 Å². The predicted molar refractivity (Wildman–Crippen MR) is 130 cm³/mol. The van der Waals surface area contributed by atoms with Crippen LogP contribution >= 0.6 is 0 Å². The molecule has 0 radical (unpaired) electrons. The van der Waals surface area contributed by atoms with E-state index in [1.54, 1.807) is 6.20 Å². The Morgan fingerprint density at radius 2 is 1.79 bits per heavy atom. The number of carbonyl (C=O) groups is 1. The average Bonchev–Trinajstić information content (AvgIpc) is 2.79. The first-order valence-electron chi connectivity index (χ1n) is 12.6. The first kappa shape index (κ1) is 23.9. The van der Waals surface area contributed by atoms with Gasteiger partial charge in [0.05, 0.1) is 29.8 Å². The molecule has 1 aliphatic carbocycles. The summed E-state index contributed by atoms with van der Waals surface area (Å²) in [5.74, 6) is 1.41. The summed E-state index contributed by atoms with van der Waals surface area (Å²) in [7, 11) is 0. The Morgan fingerprint density at radius 3 is 2.45 bits per heavy atom. The Balaban J connectivity index is 1.31. The Hall–Kier alpha value is -2.21. The molecular formula is C27H39N3O3. The number of likely N-dealkylation sites (tertiary alicyclic amines) is 1. The normalized spacial score (nSPS) is 22.9. The Kier molecular flexibility index (Phi) is 7.52.